The fourth-order valence-electron chi connectivity index (χ4n) is 5.24. The van der Waals surface area contributed by atoms with Crippen LogP contribution >= 0.6 is 7.26 Å². The van der Waals surface area contributed by atoms with Crippen LogP contribution in [0.15, 0.2) is 168 Å². The number of allylic oxidation sites excluding steroid dienone is 2. The van der Waals surface area contributed by atoms with Crippen LogP contribution in [0.1, 0.15) is 0 Å². The van der Waals surface area contributed by atoms with Crippen molar-refractivity contribution >= 4 is 40.4 Å². The minimum absolute atomic E-state index is 0.131. The minimum atomic E-state index is -3.20. The molecule has 0 radical (unpaired) electrons. The summed E-state index contributed by atoms with van der Waals surface area (Å²) in [7, 11) is -3.20. The lowest BCUT2D eigenvalue weighted by molar-refractivity contribution is -0.133. The Kier molecular flexibility index (Phi) is 7.69. The minimum Gasteiger partial charge on any atom is -0.502 e. The topological polar surface area (TPSA) is 75.6 Å². The highest BCUT2D eigenvalue weighted by Gasteiger charge is 2.58. The van der Waals surface area contributed by atoms with E-state index in [0.29, 0.717) is 17.2 Å². The number of rotatable bonds is 8. The number of carbonyl (C=O) groups is 2. The number of carbonyl (C=O) groups excluding carboxylic acids is 2. The van der Waals surface area contributed by atoms with Crippen molar-refractivity contribution in [1.29, 1.82) is 0 Å². The smallest absolute Gasteiger partial charge is 0.275 e. The van der Waals surface area contributed by atoms with E-state index in [1.54, 1.807) is 24.3 Å². The third-order valence-corrected chi connectivity index (χ3v) is 11.5. The summed E-state index contributed by atoms with van der Waals surface area (Å²) in [5, 5.41) is 16.8. The predicted octanol–water partition coefficient (Wildman–Crippen LogP) is 6.99. The van der Waals surface area contributed by atoms with Crippen LogP contribution in [0.5, 0.6) is 11.5 Å². The molecule has 5 aromatic rings. The molecule has 0 amide bonds. The molecule has 5 nitrogen and oxygen atoms in total. The van der Waals surface area contributed by atoms with Gasteiger partial charge in [0.1, 0.15) is 33.1 Å². The van der Waals surface area contributed by atoms with Gasteiger partial charge < -0.3 is 15.2 Å². The standard InChI is InChI=1S/C36H25FNO4P/c37-31-32(38-25-21-23-27(24-22-25)42-26-13-5-1-6-14-26)34(40)36(35(41)33(31)39)43(28-15-7-2-8-16-28,29-17-9-3-10-18-29)30-19-11-4-12-20-30/h1-24H,(H-,38,39,40,41)/p+1. The molecular weight excluding hydrogens is 560 g/mol. The number of benzene rings is 5. The first-order valence-electron chi connectivity index (χ1n) is 13.6. The number of aliphatic hydroxyl groups is 1. The molecule has 0 aromatic heterocycles. The molecule has 0 saturated carbocycles. The lowest BCUT2D eigenvalue weighted by Crippen LogP contribution is -2.39. The lowest BCUT2D eigenvalue weighted by atomic mass is 10.1. The third kappa shape index (κ3) is 5.14. The van der Waals surface area contributed by atoms with Gasteiger partial charge in [-0.05, 0) is 72.8 Å². The molecule has 5 aromatic carbocycles. The Morgan fingerprint density at radius 3 is 1.44 bits per heavy atom. The zero-order chi connectivity index (χ0) is 29.8. The van der Waals surface area contributed by atoms with E-state index in [0.717, 1.165) is 15.9 Å². The van der Waals surface area contributed by atoms with E-state index in [1.165, 1.54) is 0 Å². The zero-order valence-electron chi connectivity index (χ0n) is 22.9. The number of ketones is 2. The van der Waals surface area contributed by atoms with Gasteiger partial charge >= 0.3 is 0 Å². The summed E-state index contributed by atoms with van der Waals surface area (Å²) in [6, 6.07) is 43.8. The van der Waals surface area contributed by atoms with Crippen molar-refractivity contribution in [3.8, 4) is 11.5 Å². The van der Waals surface area contributed by atoms with Crippen molar-refractivity contribution in [3.63, 3.8) is 0 Å². The Bertz CT molecular complexity index is 1740. The van der Waals surface area contributed by atoms with Crippen molar-refractivity contribution in [2.75, 3.05) is 5.32 Å². The number of anilines is 1. The van der Waals surface area contributed by atoms with Gasteiger partial charge in [0, 0.05) is 5.69 Å². The fourth-order valence-corrected chi connectivity index (χ4v) is 9.60. The second-order valence-corrected chi connectivity index (χ2v) is 13.1. The van der Waals surface area contributed by atoms with E-state index in [-0.39, 0.29) is 5.31 Å². The van der Waals surface area contributed by atoms with Crippen LogP contribution < -0.4 is 26.0 Å². The molecule has 43 heavy (non-hydrogen) atoms. The van der Waals surface area contributed by atoms with Gasteiger partial charge in [-0.25, -0.2) is 4.39 Å². The number of para-hydroxylation sites is 1. The Morgan fingerprint density at radius 2 is 0.977 bits per heavy atom. The molecule has 0 saturated heterocycles. The van der Waals surface area contributed by atoms with Crippen molar-refractivity contribution in [1.82, 2.24) is 0 Å². The highest BCUT2D eigenvalue weighted by Crippen LogP contribution is 2.64. The molecule has 1 aliphatic carbocycles. The Morgan fingerprint density at radius 1 is 0.558 bits per heavy atom. The molecule has 0 unspecified atom stereocenters. The quantitative estimate of drug-likeness (QED) is 0.117. The summed E-state index contributed by atoms with van der Waals surface area (Å²) in [5.41, 5.74) is -0.0647. The van der Waals surface area contributed by atoms with Gasteiger partial charge in [0.05, 0.1) is 0 Å². The molecule has 0 fully saturated rings. The van der Waals surface area contributed by atoms with Gasteiger partial charge in [0.2, 0.25) is 11.1 Å². The summed E-state index contributed by atoms with van der Waals surface area (Å²) >= 11 is 0. The molecule has 0 atom stereocenters. The third-order valence-electron chi connectivity index (χ3n) is 7.17. The molecule has 0 heterocycles. The van der Waals surface area contributed by atoms with Crippen LogP contribution in [0.3, 0.4) is 0 Å². The second-order valence-electron chi connectivity index (χ2n) is 9.79. The van der Waals surface area contributed by atoms with Crippen LogP contribution in [-0.2, 0) is 9.59 Å². The van der Waals surface area contributed by atoms with Gasteiger partial charge in [-0.3, -0.25) is 9.59 Å². The Labute approximate surface area is 248 Å². The van der Waals surface area contributed by atoms with E-state index in [4.69, 9.17) is 4.74 Å². The summed E-state index contributed by atoms with van der Waals surface area (Å²) in [6.07, 6.45) is 0. The highest BCUT2D eigenvalue weighted by atomic mass is 31.2. The van der Waals surface area contributed by atoms with E-state index >= 15 is 4.39 Å². The number of hydrogen-bond donors (Lipinski definition) is 2. The zero-order valence-corrected chi connectivity index (χ0v) is 23.7. The molecule has 6 rings (SSSR count). The van der Waals surface area contributed by atoms with E-state index < -0.39 is 36.1 Å². The first kappa shape index (κ1) is 27.8. The molecule has 0 spiro atoms. The first-order chi connectivity index (χ1) is 21.0. The summed E-state index contributed by atoms with van der Waals surface area (Å²) in [5.74, 6) is -3.13. The summed E-state index contributed by atoms with van der Waals surface area (Å²) in [6.45, 7) is 0. The SMILES string of the molecule is O=C1C(=O)C([P+](c2ccccc2)(c2ccccc2)c2ccccc2)=C(O)C(Nc2ccc(Oc3ccccc3)cc2)=C1F. The molecule has 2 N–H and O–H groups in total. The largest absolute Gasteiger partial charge is 0.502 e. The molecule has 0 aliphatic heterocycles. The molecule has 0 bridgehead atoms. The van der Waals surface area contributed by atoms with Gasteiger partial charge in [0.25, 0.3) is 11.6 Å². The molecular formula is C36H26FNO4P+. The van der Waals surface area contributed by atoms with Crippen molar-refractivity contribution in [3.05, 3.63) is 168 Å². The number of ether oxygens (including phenoxy) is 1. The van der Waals surface area contributed by atoms with E-state index in [2.05, 4.69) is 5.32 Å². The van der Waals surface area contributed by atoms with E-state index in [9.17, 15) is 14.7 Å². The van der Waals surface area contributed by atoms with E-state index in [1.807, 2.05) is 121 Å². The number of Topliss-reactive ketones (excluding diaryl/α,β-unsaturated/α-hetero) is 2. The molecule has 1 aliphatic rings. The lowest BCUT2D eigenvalue weighted by Gasteiger charge is -2.30. The first-order valence-corrected chi connectivity index (χ1v) is 15.4. The second kappa shape index (κ2) is 11.9. The van der Waals surface area contributed by atoms with Crippen LogP contribution in [0.25, 0.3) is 0 Å². The maximum absolute atomic E-state index is 15.6. The van der Waals surface area contributed by atoms with Crippen molar-refractivity contribution in [2.24, 2.45) is 0 Å². The van der Waals surface area contributed by atoms with Crippen molar-refractivity contribution in [2.45, 2.75) is 0 Å². The van der Waals surface area contributed by atoms with Crippen LogP contribution in [-0.4, -0.2) is 16.7 Å². The molecule has 7 heteroatoms. The highest BCUT2D eigenvalue weighted by molar-refractivity contribution is 8.00. The van der Waals surface area contributed by atoms with Crippen LogP contribution in [0, 0.1) is 0 Å². The average molecular weight is 587 g/mol. The van der Waals surface area contributed by atoms with Crippen LogP contribution in [0.2, 0.25) is 0 Å². The monoisotopic (exact) mass is 586 g/mol. The average Bonchev–Trinajstić information content (AvgIpc) is 3.07. The van der Waals surface area contributed by atoms with Crippen LogP contribution in [0.4, 0.5) is 10.1 Å². The summed E-state index contributed by atoms with van der Waals surface area (Å²) in [4.78, 5) is 27.2. The Balaban J connectivity index is 1.51. The summed E-state index contributed by atoms with van der Waals surface area (Å²) < 4.78 is 21.4. The van der Waals surface area contributed by atoms with Gasteiger partial charge in [-0.1, -0.05) is 72.8 Å². The predicted molar refractivity (Wildman–Crippen MR) is 170 cm³/mol. The fraction of sp³-hybridized carbons (Fsp3) is 0. The number of nitrogens with one attached hydrogen (secondary N) is 1. The number of halogens is 1. The number of hydrogen-bond acceptors (Lipinski definition) is 5. The maximum atomic E-state index is 15.6. The van der Waals surface area contributed by atoms with Gasteiger partial charge in [-0.15, -0.1) is 0 Å². The normalized spacial score (nSPS) is 13.7. The Hall–Kier alpha value is -5.32. The van der Waals surface area contributed by atoms with Gasteiger partial charge in [-0.2, -0.15) is 0 Å². The number of aliphatic hydroxyl groups excluding tert-OH is 1. The van der Waals surface area contributed by atoms with Gasteiger partial charge in [0.15, 0.2) is 13.0 Å². The molecule has 210 valence electrons. The maximum Gasteiger partial charge on any atom is 0.275 e. The van der Waals surface area contributed by atoms with Crippen molar-refractivity contribution < 1.29 is 23.8 Å².